The second-order valence-corrected chi connectivity index (χ2v) is 6.82. The Morgan fingerprint density at radius 3 is 1.79 bits per heavy atom. The molecule has 4 nitrogen and oxygen atoms in total. The predicted molar refractivity (Wildman–Crippen MR) is 115 cm³/mol. The van der Waals surface area contributed by atoms with Crippen molar-refractivity contribution in [3.05, 3.63) is 102 Å². The van der Waals surface area contributed by atoms with Gasteiger partial charge in [0.25, 0.3) is 0 Å². The molecule has 3 rings (SSSR count). The van der Waals surface area contributed by atoms with Crippen LogP contribution in [0.4, 0.5) is 0 Å². The zero-order chi connectivity index (χ0) is 20.5. The van der Waals surface area contributed by atoms with Crippen molar-refractivity contribution in [2.45, 2.75) is 18.4 Å². The minimum absolute atomic E-state index is 0.193. The number of hydrogen-bond donors (Lipinski definition) is 1. The van der Waals surface area contributed by atoms with Gasteiger partial charge in [0.1, 0.15) is 5.75 Å². The van der Waals surface area contributed by atoms with E-state index in [1.165, 1.54) is 7.11 Å². The lowest BCUT2D eigenvalue weighted by molar-refractivity contribution is -0.140. The van der Waals surface area contributed by atoms with E-state index in [9.17, 15) is 4.79 Å². The summed E-state index contributed by atoms with van der Waals surface area (Å²) < 4.78 is 10.1. The third-order valence-corrected chi connectivity index (χ3v) is 5.11. The van der Waals surface area contributed by atoms with Gasteiger partial charge in [-0.05, 0) is 41.8 Å². The Balaban J connectivity index is 2.07. The molecule has 0 saturated heterocycles. The summed E-state index contributed by atoms with van der Waals surface area (Å²) in [5, 5.41) is 3.75. The summed E-state index contributed by atoms with van der Waals surface area (Å²) >= 11 is 0. The van der Waals surface area contributed by atoms with Gasteiger partial charge in [0.2, 0.25) is 0 Å². The molecule has 4 heteroatoms. The Morgan fingerprint density at radius 1 is 0.793 bits per heavy atom. The minimum atomic E-state index is -0.551. The molecule has 3 aromatic carbocycles. The average Bonchev–Trinajstić information content (AvgIpc) is 2.80. The van der Waals surface area contributed by atoms with Crippen molar-refractivity contribution in [3.8, 4) is 5.75 Å². The zero-order valence-electron chi connectivity index (χ0n) is 16.9. The number of esters is 1. The molecule has 0 aromatic heterocycles. The monoisotopic (exact) mass is 389 g/mol. The van der Waals surface area contributed by atoms with Crippen molar-refractivity contribution < 1.29 is 14.3 Å². The van der Waals surface area contributed by atoms with Gasteiger partial charge in [0.05, 0.1) is 19.8 Å². The first-order valence-electron chi connectivity index (χ1n) is 9.78. The summed E-state index contributed by atoms with van der Waals surface area (Å²) in [7, 11) is 3.09. The predicted octanol–water partition coefficient (Wildman–Crippen LogP) is 4.53. The van der Waals surface area contributed by atoms with E-state index in [0.29, 0.717) is 19.4 Å². The minimum Gasteiger partial charge on any atom is -0.497 e. The van der Waals surface area contributed by atoms with Gasteiger partial charge >= 0.3 is 5.97 Å². The van der Waals surface area contributed by atoms with Gasteiger partial charge in [-0.15, -0.1) is 0 Å². The molecule has 0 atom stereocenters. The Labute approximate surface area is 172 Å². The number of ether oxygens (including phenoxy) is 2. The second-order valence-electron chi connectivity index (χ2n) is 6.82. The standard InChI is InChI=1S/C25H27NO3/c1-28-23-17-15-22(16-18-23)25(20-10-5-3-6-11-20,21-12-7-4-8-13-21)26-19-9-14-24(27)29-2/h3-8,10-13,15-18,26H,9,14,19H2,1-2H3. The maximum atomic E-state index is 11.6. The fraction of sp³-hybridized carbons (Fsp3) is 0.240. The lowest BCUT2D eigenvalue weighted by atomic mass is 9.77. The highest BCUT2D eigenvalue weighted by molar-refractivity contribution is 5.69. The number of nitrogens with one attached hydrogen (secondary N) is 1. The SMILES string of the molecule is COC(=O)CCCNC(c1ccccc1)(c1ccccc1)c1ccc(OC)cc1. The Morgan fingerprint density at radius 2 is 1.31 bits per heavy atom. The van der Waals surface area contributed by atoms with E-state index >= 15 is 0 Å². The van der Waals surface area contributed by atoms with Crippen LogP contribution in [-0.4, -0.2) is 26.7 Å². The molecular weight excluding hydrogens is 362 g/mol. The molecule has 0 heterocycles. The topological polar surface area (TPSA) is 47.6 Å². The zero-order valence-corrected chi connectivity index (χ0v) is 16.9. The first-order valence-corrected chi connectivity index (χ1v) is 9.78. The quantitative estimate of drug-likeness (QED) is 0.332. The van der Waals surface area contributed by atoms with E-state index in [1.807, 2.05) is 48.5 Å². The fourth-order valence-corrected chi connectivity index (χ4v) is 3.63. The largest absolute Gasteiger partial charge is 0.497 e. The van der Waals surface area contributed by atoms with Gasteiger partial charge in [-0.3, -0.25) is 10.1 Å². The molecule has 0 saturated carbocycles. The van der Waals surface area contributed by atoms with Crippen LogP contribution in [0.25, 0.3) is 0 Å². The normalized spacial score (nSPS) is 11.1. The van der Waals surface area contributed by atoms with Gasteiger partial charge in [-0.2, -0.15) is 0 Å². The van der Waals surface area contributed by atoms with E-state index < -0.39 is 5.54 Å². The maximum Gasteiger partial charge on any atom is 0.305 e. The van der Waals surface area contributed by atoms with Gasteiger partial charge in [-0.25, -0.2) is 0 Å². The highest BCUT2D eigenvalue weighted by atomic mass is 16.5. The van der Waals surface area contributed by atoms with Crippen LogP contribution in [-0.2, 0) is 15.1 Å². The number of carbonyl (C=O) groups is 1. The van der Waals surface area contributed by atoms with Gasteiger partial charge in [0.15, 0.2) is 0 Å². The third kappa shape index (κ3) is 4.66. The first kappa shape index (κ1) is 20.6. The number of rotatable bonds is 9. The summed E-state index contributed by atoms with van der Waals surface area (Å²) in [6.45, 7) is 0.658. The molecule has 0 unspecified atom stereocenters. The van der Waals surface area contributed by atoms with Crippen LogP contribution < -0.4 is 10.1 Å². The molecule has 0 radical (unpaired) electrons. The van der Waals surface area contributed by atoms with Crippen LogP contribution in [0.15, 0.2) is 84.9 Å². The summed E-state index contributed by atoms with van der Waals surface area (Å²) in [5.74, 6) is 0.621. The maximum absolute atomic E-state index is 11.6. The molecule has 0 spiro atoms. The summed E-state index contributed by atoms with van der Waals surface area (Å²) in [5.41, 5.74) is 2.82. The van der Waals surface area contributed by atoms with Crippen LogP contribution >= 0.6 is 0 Å². The van der Waals surface area contributed by atoms with Crippen LogP contribution in [0, 0.1) is 0 Å². The molecule has 29 heavy (non-hydrogen) atoms. The molecule has 0 amide bonds. The number of benzene rings is 3. The molecule has 3 aromatic rings. The molecule has 0 aliphatic heterocycles. The Kier molecular flexibility index (Phi) is 7.04. The van der Waals surface area contributed by atoms with Gasteiger partial charge in [-0.1, -0.05) is 72.8 Å². The van der Waals surface area contributed by atoms with E-state index in [2.05, 4.69) is 41.7 Å². The molecule has 0 bridgehead atoms. The van der Waals surface area contributed by atoms with Gasteiger partial charge < -0.3 is 9.47 Å². The van der Waals surface area contributed by atoms with E-state index in [4.69, 9.17) is 9.47 Å². The molecule has 150 valence electrons. The van der Waals surface area contributed by atoms with Crippen LogP contribution in [0.3, 0.4) is 0 Å². The summed E-state index contributed by atoms with van der Waals surface area (Å²) in [4.78, 5) is 11.6. The van der Waals surface area contributed by atoms with Crippen LogP contribution in [0.1, 0.15) is 29.5 Å². The molecule has 1 N–H and O–H groups in total. The van der Waals surface area contributed by atoms with E-state index in [-0.39, 0.29) is 5.97 Å². The van der Waals surface area contributed by atoms with Crippen LogP contribution in [0.2, 0.25) is 0 Å². The summed E-state index contributed by atoms with van der Waals surface area (Å²) in [6, 6.07) is 28.9. The first-order chi connectivity index (χ1) is 14.2. The van der Waals surface area contributed by atoms with Crippen molar-refractivity contribution in [1.82, 2.24) is 5.32 Å². The number of carbonyl (C=O) groups excluding carboxylic acids is 1. The highest BCUT2D eigenvalue weighted by Gasteiger charge is 2.35. The lowest BCUT2D eigenvalue weighted by Crippen LogP contribution is -2.45. The van der Waals surface area contributed by atoms with Crippen molar-refractivity contribution >= 4 is 5.97 Å². The highest BCUT2D eigenvalue weighted by Crippen LogP contribution is 2.37. The third-order valence-electron chi connectivity index (χ3n) is 5.11. The smallest absolute Gasteiger partial charge is 0.305 e. The van der Waals surface area contributed by atoms with Crippen molar-refractivity contribution in [3.63, 3.8) is 0 Å². The van der Waals surface area contributed by atoms with E-state index in [0.717, 1.165) is 22.4 Å². The molecule has 0 aliphatic carbocycles. The van der Waals surface area contributed by atoms with Crippen molar-refractivity contribution in [2.24, 2.45) is 0 Å². The van der Waals surface area contributed by atoms with Gasteiger partial charge in [0, 0.05) is 6.42 Å². The summed E-state index contributed by atoms with van der Waals surface area (Å²) in [6.07, 6.45) is 1.07. The molecule has 0 aliphatic rings. The van der Waals surface area contributed by atoms with E-state index in [1.54, 1.807) is 7.11 Å². The Bertz CT molecular complexity index is 853. The number of methoxy groups -OCH3 is 2. The number of hydrogen-bond acceptors (Lipinski definition) is 4. The average molecular weight is 389 g/mol. The fourth-order valence-electron chi connectivity index (χ4n) is 3.63. The lowest BCUT2D eigenvalue weighted by Gasteiger charge is -2.37. The molecular formula is C25H27NO3. The van der Waals surface area contributed by atoms with Crippen LogP contribution in [0.5, 0.6) is 5.75 Å². The Hall–Kier alpha value is -3.11. The second kappa shape index (κ2) is 9.89. The van der Waals surface area contributed by atoms with Crippen molar-refractivity contribution in [2.75, 3.05) is 20.8 Å². The van der Waals surface area contributed by atoms with Crippen molar-refractivity contribution in [1.29, 1.82) is 0 Å². The molecule has 0 fully saturated rings.